The molecule has 0 aromatic carbocycles. The minimum Gasteiger partial charge on any atom is -0.624 e. The molecule has 0 saturated heterocycles. The van der Waals surface area contributed by atoms with Crippen molar-refractivity contribution in [3.63, 3.8) is 0 Å². The first-order valence-electron chi connectivity index (χ1n) is 9.08. The topological polar surface area (TPSA) is 26.1 Å². The van der Waals surface area contributed by atoms with Crippen LogP contribution in [0.3, 0.4) is 0 Å². The molecule has 120 valence electrons. The van der Waals surface area contributed by atoms with Crippen LogP contribution in [0.15, 0.2) is 0 Å². The summed E-state index contributed by atoms with van der Waals surface area (Å²) in [5.74, 6) is 0. The number of nitrogens with zero attached hydrogens (tertiary/aromatic N) is 1. The van der Waals surface area contributed by atoms with Gasteiger partial charge in [-0.3, -0.25) is 0 Å². The smallest absolute Gasteiger partial charge is 0.153 e. The van der Waals surface area contributed by atoms with Crippen LogP contribution in [0.1, 0.15) is 104 Å². The van der Waals surface area contributed by atoms with E-state index in [0.29, 0.717) is 6.54 Å². The van der Waals surface area contributed by atoms with Crippen molar-refractivity contribution < 1.29 is 4.74 Å². The lowest BCUT2D eigenvalue weighted by Gasteiger charge is -2.04. The molecule has 0 spiro atoms. The Bertz CT molecular complexity index is 213. The summed E-state index contributed by atoms with van der Waals surface area (Å²) >= 11 is 0. The molecule has 0 amide bonds. The lowest BCUT2D eigenvalue weighted by molar-refractivity contribution is -0.454. The SMILES string of the molecule is CCCCCCCCC=[N+]([O-])CCCCCCCCC. The van der Waals surface area contributed by atoms with E-state index in [1.165, 1.54) is 77.0 Å². The van der Waals surface area contributed by atoms with Gasteiger partial charge in [0.1, 0.15) is 0 Å². The zero-order valence-corrected chi connectivity index (χ0v) is 14.0. The van der Waals surface area contributed by atoms with Crippen LogP contribution in [0, 0.1) is 5.21 Å². The molecule has 0 radical (unpaired) electrons. The van der Waals surface area contributed by atoms with Crippen molar-refractivity contribution in [1.29, 1.82) is 0 Å². The van der Waals surface area contributed by atoms with Crippen LogP contribution in [0.2, 0.25) is 0 Å². The van der Waals surface area contributed by atoms with Crippen molar-refractivity contribution in [3.05, 3.63) is 5.21 Å². The van der Waals surface area contributed by atoms with Gasteiger partial charge >= 0.3 is 0 Å². The van der Waals surface area contributed by atoms with Gasteiger partial charge in [-0.1, -0.05) is 78.1 Å². The normalized spacial score (nSPS) is 12.0. The standard InChI is InChI=1S/C18H37NO/c1-3-5-7-9-11-13-15-17-19(20)18-16-14-12-10-8-6-4-2/h17H,3-16,18H2,1-2H3. The lowest BCUT2D eigenvalue weighted by Crippen LogP contribution is -2.06. The first-order chi connectivity index (χ1) is 9.81. The highest BCUT2D eigenvalue weighted by molar-refractivity contribution is 5.50. The Morgan fingerprint density at radius 2 is 1.10 bits per heavy atom. The first kappa shape index (κ1) is 19.5. The third-order valence-corrected chi connectivity index (χ3v) is 3.87. The number of rotatable bonds is 15. The van der Waals surface area contributed by atoms with E-state index in [-0.39, 0.29) is 0 Å². The Hall–Kier alpha value is -0.530. The van der Waals surface area contributed by atoms with E-state index in [1.54, 1.807) is 0 Å². The molecule has 2 heteroatoms. The molecule has 0 atom stereocenters. The van der Waals surface area contributed by atoms with Gasteiger partial charge in [0, 0.05) is 12.8 Å². The summed E-state index contributed by atoms with van der Waals surface area (Å²) in [4.78, 5) is 0. The first-order valence-corrected chi connectivity index (χ1v) is 9.08. The van der Waals surface area contributed by atoms with Crippen LogP contribution in [-0.4, -0.2) is 17.5 Å². The Labute approximate surface area is 127 Å². The van der Waals surface area contributed by atoms with Crippen molar-refractivity contribution >= 4 is 6.21 Å². The quantitative estimate of drug-likeness (QED) is 0.118. The van der Waals surface area contributed by atoms with Gasteiger partial charge < -0.3 is 5.21 Å². The minimum atomic E-state index is 0.698. The monoisotopic (exact) mass is 283 g/mol. The summed E-state index contributed by atoms with van der Waals surface area (Å²) in [7, 11) is 0. The second-order valence-corrected chi connectivity index (χ2v) is 6.00. The van der Waals surface area contributed by atoms with Gasteiger partial charge in [0.25, 0.3) is 0 Å². The van der Waals surface area contributed by atoms with Gasteiger partial charge in [0.2, 0.25) is 0 Å². The van der Waals surface area contributed by atoms with E-state index >= 15 is 0 Å². The second-order valence-electron chi connectivity index (χ2n) is 6.00. The van der Waals surface area contributed by atoms with Crippen molar-refractivity contribution in [2.24, 2.45) is 0 Å². The lowest BCUT2D eigenvalue weighted by atomic mass is 10.1. The predicted octanol–water partition coefficient (Wildman–Crippen LogP) is 6.07. The molecule has 0 heterocycles. The molecule has 0 N–H and O–H groups in total. The van der Waals surface area contributed by atoms with Gasteiger partial charge in [0.05, 0.1) is 0 Å². The highest BCUT2D eigenvalue weighted by atomic mass is 16.5. The van der Waals surface area contributed by atoms with Gasteiger partial charge in [0.15, 0.2) is 12.8 Å². The summed E-state index contributed by atoms with van der Waals surface area (Å²) in [6, 6.07) is 0. The predicted molar refractivity (Wildman–Crippen MR) is 90.5 cm³/mol. The molecular weight excluding hydrogens is 246 g/mol. The summed E-state index contributed by atoms with van der Waals surface area (Å²) in [6.07, 6.45) is 19.6. The molecule has 20 heavy (non-hydrogen) atoms. The molecule has 0 rings (SSSR count). The van der Waals surface area contributed by atoms with Crippen LogP contribution in [0.5, 0.6) is 0 Å². The fourth-order valence-electron chi connectivity index (χ4n) is 2.48. The van der Waals surface area contributed by atoms with Crippen molar-refractivity contribution in [2.45, 2.75) is 104 Å². The Kier molecular flexibility index (Phi) is 16.1. The summed E-state index contributed by atoms with van der Waals surface area (Å²) < 4.78 is 1.16. The van der Waals surface area contributed by atoms with Crippen molar-refractivity contribution in [1.82, 2.24) is 0 Å². The molecule has 0 aromatic rings. The molecule has 0 unspecified atom stereocenters. The molecule has 0 bridgehead atoms. The van der Waals surface area contributed by atoms with Gasteiger partial charge in [-0.25, -0.2) is 4.74 Å². The van der Waals surface area contributed by atoms with Gasteiger partial charge in [-0.15, -0.1) is 0 Å². The summed E-state index contributed by atoms with van der Waals surface area (Å²) in [5.41, 5.74) is 0. The average Bonchev–Trinajstić information content (AvgIpc) is 2.45. The maximum Gasteiger partial charge on any atom is 0.153 e. The number of hydrogen-bond acceptors (Lipinski definition) is 1. The van der Waals surface area contributed by atoms with Crippen LogP contribution < -0.4 is 0 Å². The van der Waals surface area contributed by atoms with Crippen LogP contribution in [-0.2, 0) is 0 Å². The zero-order valence-electron chi connectivity index (χ0n) is 14.0. The van der Waals surface area contributed by atoms with E-state index in [9.17, 15) is 5.21 Å². The van der Waals surface area contributed by atoms with E-state index in [4.69, 9.17) is 0 Å². The van der Waals surface area contributed by atoms with Gasteiger partial charge in [-0.2, -0.15) is 0 Å². The molecule has 0 aliphatic carbocycles. The van der Waals surface area contributed by atoms with Crippen LogP contribution in [0.25, 0.3) is 0 Å². The molecular formula is C18H37NO. The molecule has 2 nitrogen and oxygen atoms in total. The maximum absolute atomic E-state index is 11.6. The summed E-state index contributed by atoms with van der Waals surface area (Å²) in [5, 5.41) is 11.6. The Balaban J connectivity index is 3.25. The van der Waals surface area contributed by atoms with E-state index in [0.717, 1.165) is 17.6 Å². The maximum atomic E-state index is 11.6. The summed E-state index contributed by atoms with van der Waals surface area (Å²) in [6.45, 7) is 5.19. The fourth-order valence-corrected chi connectivity index (χ4v) is 2.48. The zero-order chi connectivity index (χ0) is 14.9. The van der Waals surface area contributed by atoms with Gasteiger partial charge in [-0.05, 0) is 12.8 Å². The fraction of sp³-hybridized carbons (Fsp3) is 0.944. The van der Waals surface area contributed by atoms with E-state index in [2.05, 4.69) is 13.8 Å². The number of hydrogen-bond donors (Lipinski definition) is 0. The van der Waals surface area contributed by atoms with Crippen molar-refractivity contribution in [2.75, 3.05) is 6.54 Å². The number of unbranched alkanes of at least 4 members (excludes halogenated alkanes) is 12. The van der Waals surface area contributed by atoms with E-state index in [1.807, 2.05) is 6.21 Å². The molecule has 0 aliphatic heterocycles. The molecule has 0 fully saturated rings. The average molecular weight is 283 g/mol. The second kappa shape index (κ2) is 16.5. The minimum absolute atomic E-state index is 0.698. The third kappa shape index (κ3) is 15.5. The van der Waals surface area contributed by atoms with Crippen LogP contribution >= 0.6 is 0 Å². The largest absolute Gasteiger partial charge is 0.624 e. The molecule has 0 aliphatic rings. The Morgan fingerprint density at radius 3 is 1.65 bits per heavy atom. The third-order valence-electron chi connectivity index (χ3n) is 3.87. The molecule has 0 aromatic heterocycles. The molecule has 0 saturated carbocycles. The van der Waals surface area contributed by atoms with E-state index < -0.39 is 0 Å². The van der Waals surface area contributed by atoms with Crippen LogP contribution in [0.4, 0.5) is 0 Å². The number of hydroxylamine groups is 1. The van der Waals surface area contributed by atoms with Crippen molar-refractivity contribution in [3.8, 4) is 0 Å². The highest BCUT2D eigenvalue weighted by Gasteiger charge is 1.96. The highest BCUT2D eigenvalue weighted by Crippen LogP contribution is 2.07. The Morgan fingerprint density at radius 1 is 0.650 bits per heavy atom.